The minimum absolute atomic E-state index is 0.501. The van der Waals surface area contributed by atoms with Crippen LogP contribution in [0.25, 0.3) is 0 Å². The van der Waals surface area contributed by atoms with Crippen molar-refractivity contribution in [2.45, 2.75) is 63.9 Å². The standard InChI is InChI=1S/C17H33N3O2/c1-2-18-16(19-11-6-12-22-13-15-7-8-15)20-14-17(21)9-4-3-5-10-17/h15,21H,2-14H2,1H3,(H2,18,19,20). The van der Waals surface area contributed by atoms with E-state index in [1.165, 1.54) is 19.3 Å². The zero-order valence-corrected chi connectivity index (χ0v) is 14.1. The lowest BCUT2D eigenvalue weighted by Gasteiger charge is -2.30. The van der Waals surface area contributed by atoms with E-state index >= 15 is 0 Å². The van der Waals surface area contributed by atoms with Gasteiger partial charge in [0.25, 0.3) is 0 Å². The largest absolute Gasteiger partial charge is 0.388 e. The highest BCUT2D eigenvalue weighted by molar-refractivity contribution is 5.79. The Hall–Kier alpha value is -0.810. The smallest absolute Gasteiger partial charge is 0.191 e. The zero-order valence-electron chi connectivity index (χ0n) is 14.1. The van der Waals surface area contributed by atoms with Crippen LogP contribution in [-0.2, 0) is 4.74 Å². The fourth-order valence-corrected chi connectivity index (χ4v) is 2.85. The average Bonchev–Trinajstić information content (AvgIpc) is 3.33. The summed E-state index contributed by atoms with van der Waals surface area (Å²) in [6, 6.07) is 0. The van der Waals surface area contributed by atoms with Crippen LogP contribution in [0.2, 0.25) is 0 Å². The third kappa shape index (κ3) is 6.97. The van der Waals surface area contributed by atoms with E-state index in [9.17, 15) is 5.11 Å². The van der Waals surface area contributed by atoms with Crippen molar-refractivity contribution in [2.24, 2.45) is 10.9 Å². The highest BCUT2D eigenvalue weighted by Gasteiger charge is 2.28. The summed E-state index contributed by atoms with van der Waals surface area (Å²) < 4.78 is 5.63. The average molecular weight is 311 g/mol. The number of ether oxygens (including phenoxy) is 1. The molecular formula is C17H33N3O2. The SMILES string of the molecule is CCNC(=NCC1(O)CCCCC1)NCCCOCC1CC1. The molecule has 0 spiro atoms. The Morgan fingerprint density at radius 3 is 2.68 bits per heavy atom. The first-order valence-corrected chi connectivity index (χ1v) is 9.04. The van der Waals surface area contributed by atoms with Gasteiger partial charge in [-0.2, -0.15) is 0 Å². The Kier molecular flexibility index (Phi) is 7.46. The van der Waals surface area contributed by atoms with Crippen molar-refractivity contribution in [1.82, 2.24) is 10.6 Å². The summed E-state index contributed by atoms with van der Waals surface area (Å²) in [5.41, 5.74) is -0.589. The number of hydrogen-bond acceptors (Lipinski definition) is 3. The van der Waals surface area contributed by atoms with Gasteiger partial charge in [0.15, 0.2) is 5.96 Å². The first-order chi connectivity index (χ1) is 10.7. The fourth-order valence-electron chi connectivity index (χ4n) is 2.85. The van der Waals surface area contributed by atoms with Gasteiger partial charge in [-0.3, -0.25) is 4.99 Å². The minimum atomic E-state index is -0.589. The van der Waals surface area contributed by atoms with E-state index in [2.05, 4.69) is 22.5 Å². The van der Waals surface area contributed by atoms with Gasteiger partial charge < -0.3 is 20.5 Å². The van der Waals surface area contributed by atoms with E-state index in [-0.39, 0.29) is 0 Å². The van der Waals surface area contributed by atoms with Crippen LogP contribution in [0.15, 0.2) is 4.99 Å². The van der Waals surface area contributed by atoms with Crippen LogP contribution in [0.3, 0.4) is 0 Å². The van der Waals surface area contributed by atoms with Crippen LogP contribution in [0.1, 0.15) is 58.3 Å². The molecule has 3 N–H and O–H groups in total. The lowest BCUT2D eigenvalue weighted by molar-refractivity contribution is 0.0131. The maximum absolute atomic E-state index is 10.5. The van der Waals surface area contributed by atoms with Crippen LogP contribution < -0.4 is 10.6 Å². The van der Waals surface area contributed by atoms with Gasteiger partial charge in [0, 0.05) is 26.3 Å². The fraction of sp³-hybridized carbons (Fsp3) is 0.941. The molecule has 2 aliphatic rings. The Morgan fingerprint density at radius 2 is 2.00 bits per heavy atom. The summed E-state index contributed by atoms with van der Waals surface area (Å²) in [6.45, 7) is 6.00. The molecule has 0 heterocycles. The molecule has 0 aromatic heterocycles. The summed E-state index contributed by atoms with van der Waals surface area (Å²) in [6.07, 6.45) is 8.92. The predicted octanol–water partition coefficient (Wildman–Crippen LogP) is 2.05. The van der Waals surface area contributed by atoms with E-state index < -0.39 is 5.60 Å². The quantitative estimate of drug-likeness (QED) is 0.346. The number of aliphatic imine (C=N–C) groups is 1. The van der Waals surface area contributed by atoms with Crippen LogP contribution in [0.5, 0.6) is 0 Å². The van der Waals surface area contributed by atoms with E-state index in [0.29, 0.717) is 6.54 Å². The van der Waals surface area contributed by atoms with E-state index in [1.54, 1.807) is 0 Å². The van der Waals surface area contributed by atoms with Gasteiger partial charge in [0.1, 0.15) is 0 Å². The summed E-state index contributed by atoms with van der Waals surface area (Å²) in [7, 11) is 0. The Balaban J connectivity index is 1.62. The molecule has 0 unspecified atom stereocenters. The van der Waals surface area contributed by atoms with Crippen molar-refractivity contribution in [1.29, 1.82) is 0 Å². The highest BCUT2D eigenvalue weighted by atomic mass is 16.5. The summed E-state index contributed by atoms with van der Waals surface area (Å²) in [5, 5.41) is 17.1. The van der Waals surface area contributed by atoms with E-state index in [1.807, 2.05) is 0 Å². The van der Waals surface area contributed by atoms with E-state index in [4.69, 9.17) is 4.74 Å². The molecule has 2 rings (SSSR count). The lowest BCUT2D eigenvalue weighted by Crippen LogP contribution is -2.41. The molecule has 0 saturated heterocycles. The molecular weight excluding hydrogens is 278 g/mol. The van der Waals surface area contributed by atoms with Crippen molar-refractivity contribution in [3.05, 3.63) is 0 Å². The first-order valence-electron chi connectivity index (χ1n) is 9.04. The van der Waals surface area contributed by atoms with Crippen molar-refractivity contribution in [3.8, 4) is 0 Å². The van der Waals surface area contributed by atoms with Gasteiger partial charge in [-0.1, -0.05) is 19.3 Å². The zero-order chi connectivity index (χ0) is 15.7. The molecule has 5 heteroatoms. The van der Waals surface area contributed by atoms with Gasteiger partial charge in [0.05, 0.1) is 12.1 Å². The second-order valence-electron chi connectivity index (χ2n) is 6.78. The molecule has 2 aliphatic carbocycles. The lowest BCUT2D eigenvalue weighted by atomic mass is 9.85. The monoisotopic (exact) mass is 311 g/mol. The Bertz CT molecular complexity index is 337. The number of nitrogens with zero attached hydrogens (tertiary/aromatic N) is 1. The van der Waals surface area contributed by atoms with Gasteiger partial charge >= 0.3 is 0 Å². The molecule has 22 heavy (non-hydrogen) atoms. The predicted molar refractivity (Wildman–Crippen MR) is 90.2 cm³/mol. The molecule has 0 radical (unpaired) electrons. The molecule has 0 aromatic carbocycles. The van der Waals surface area contributed by atoms with Crippen LogP contribution in [0, 0.1) is 5.92 Å². The van der Waals surface area contributed by atoms with Gasteiger partial charge in [0.2, 0.25) is 0 Å². The van der Waals surface area contributed by atoms with Crippen LogP contribution in [-0.4, -0.2) is 49.5 Å². The maximum Gasteiger partial charge on any atom is 0.191 e. The molecule has 5 nitrogen and oxygen atoms in total. The second-order valence-corrected chi connectivity index (χ2v) is 6.78. The second kappa shape index (κ2) is 9.36. The normalized spacial score (nSPS) is 21.6. The summed E-state index contributed by atoms with van der Waals surface area (Å²) in [5.74, 6) is 1.65. The minimum Gasteiger partial charge on any atom is -0.388 e. The molecule has 0 bridgehead atoms. The Morgan fingerprint density at radius 1 is 1.23 bits per heavy atom. The van der Waals surface area contributed by atoms with Crippen molar-refractivity contribution in [2.75, 3.05) is 32.8 Å². The first kappa shape index (κ1) is 17.5. The molecule has 2 fully saturated rings. The number of hydrogen-bond donors (Lipinski definition) is 3. The third-order valence-electron chi connectivity index (χ3n) is 4.47. The molecule has 128 valence electrons. The maximum atomic E-state index is 10.5. The Labute approximate surface area is 134 Å². The molecule has 0 amide bonds. The summed E-state index contributed by atoms with van der Waals surface area (Å²) >= 11 is 0. The molecule has 0 aliphatic heterocycles. The number of nitrogens with one attached hydrogen (secondary N) is 2. The molecule has 0 atom stereocenters. The third-order valence-corrected chi connectivity index (χ3v) is 4.47. The topological polar surface area (TPSA) is 65.9 Å². The van der Waals surface area contributed by atoms with Crippen LogP contribution in [0.4, 0.5) is 0 Å². The highest BCUT2D eigenvalue weighted by Crippen LogP contribution is 2.29. The van der Waals surface area contributed by atoms with Crippen molar-refractivity contribution >= 4 is 5.96 Å². The number of aliphatic hydroxyl groups is 1. The van der Waals surface area contributed by atoms with Crippen molar-refractivity contribution in [3.63, 3.8) is 0 Å². The van der Waals surface area contributed by atoms with Gasteiger partial charge in [-0.15, -0.1) is 0 Å². The van der Waals surface area contributed by atoms with Crippen molar-refractivity contribution < 1.29 is 9.84 Å². The number of rotatable bonds is 9. The molecule has 2 saturated carbocycles. The van der Waals surface area contributed by atoms with Crippen LogP contribution >= 0.6 is 0 Å². The summed E-state index contributed by atoms with van der Waals surface area (Å²) in [4.78, 5) is 4.57. The molecule has 0 aromatic rings. The van der Waals surface area contributed by atoms with Gasteiger partial charge in [-0.05, 0) is 44.9 Å². The van der Waals surface area contributed by atoms with Gasteiger partial charge in [-0.25, -0.2) is 0 Å². The van der Waals surface area contributed by atoms with E-state index in [0.717, 1.165) is 70.3 Å². The number of guanidine groups is 1.